The summed E-state index contributed by atoms with van der Waals surface area (Å²) in [4.78, 5) is 23.1. The van der Waals surface area contributed by atoms with Crippen LogP contribution < -0.4 is 5.32 Å². The number of carboxylic acid groups (broad SMARTS) is 1. The second-order valence-electron chi connectivity index (χ2n) is 5.09. The van der Waals surface area contributed by atoms with E-state index in [4.69, 9.17) is 28.3 Å². The van der Waals surface area contributed by atoms with Crippen LogP contribution in [0.25, 0.3) is 0 Å². The fourth-order valence-electron chi connectivity index (χ4n) is 2.62. The maximum Gasteiger partial charge on any atom is 0.306 e. The van der Waals surface area contributed by atoms with E-state index >= 15 is 0 Å². The molecule has 2 atom stereocenters. The van der Waals surface area contributed by atoms with Crippen LogP contribution in [0.2, 0.25) is 10.0 Å². The largest absolute Gasteiger partial charge is 0.481 e. The topological polar surface area (TPSA) is 66.4 Å². The normalized spacial score (nSPS) is 21.3. The predicted octanol–water partition coefficient (Wildman–Crippen LogP) is 3.36. The lowest BCUT2D eigenvalue weighted by Gasteiger charge is -2.16. The molecule has 1 saturated carbocycles. The standard InChI is InChI=1S/C14H14Cl2FNO3/c15-10-5-11(16)12(17)4-9(10)13(19)18-6-7-2-1-3-8(7)14(20)21/h4-5,7-8H,1-3,6H2,(H,18,19)(H,20,21). The molecular weight excluding hydrogens is 320 g/mol. The van der Waals surface area contributed by atoms with E-state index in [-0.39, 0.29) is 28.1 Å². The number of hydrogen-bond acceptors (Lipinski definition) is 2. The van der Waals surface area contributed by atoms with E-state index < -0.39 is 23.6 Å². The minimum absolute atomic E-state index is 0.0107. The third-order valence-electron chi connectivity index (χ3n) is 3.76. The molecule has 1 amide bonds. The van der Waals surface area contributed by atoms with Crippen LogP contribution in [-0.2, 0) is 4.79 Å². The zero-order valence-electron chi connectivity index (χ0n) is 11.0. The number of nitrogens with one attached hydrogen (secondary N) is 1. The monoisotopic (exact) mass is 333 g/mol. The lowest BCUT2D eigenvalue weighted by atomic mass is 9.96. The molecule has 114 valence electrons. The Morgan fingerprint density at radius 1 is 1.29 bits per heavy atom. The van der Waals surface area contributed by atoms with Crippen molar-refractivity contribution >= 4 is 35.1 Å². The molecule has 1 aliphatic rings. The molecule has 2 N–H and O–H groups in total. The molecule has 0 spiro atoms. The number of benzene rings is 1. The third-order valence-corrected chi connectivity index (χ3v) is 4.36. The smallest absolute Gasteiger partial charge is 0.306 e. The van der Waals surface area contributed by atoms with Gasteiger partial charge in [-0.25, -0.2) is 4.39 Å². The van der Waals surface area contributed by atoms with E-state index in [0.717, 1.165) is 18.9 Å². The van der Waals surface area contributed by atoms with Gasteiger partial charge in [0.2, 0.25) is 0 Å². The summed E-state index contributed by atoms with van der Waals surface area (Å²) in [6.45, 7) is 0.233. The Bertz CT molecular complexity index is 580. The summed E-state index contributed by atoms with van der Waals surface area (Å²) >= 11 is 11.4. The molecule has 0 aromatic heterocycles. The van der Waals surface area contributed by atoms with Gasteiger partial charge in [0.1, 0.15) is 5.82 Å². The van der Waals surface area contributed by atoms with Gasteiger partial charge in [0.05, 0.1) is 21.5 Å². The Kier molecular flexibility index (Phi) is 5.06. The molecule has 1 aromatic carbocycles. The van der Waals surface area contributed by atoms with Gasteiger partial charge < -0.3 is 10.4 Å². The van der Waals surface area contributed by atoms with E-state index in [1.807, 2.05) is 0 Å². The summed E-state index contributed by atoms with van der Waals surface area (Å²) in [6.07, 6.45) is 2.19. The average molecular weight is 334 g/mol. The molecule has 0 saturated heterocycles. The average Bonchev–Trinajstić information content (AvgIpc) is 2.88. The Hall–Kier alpha value is -1.33. The van der Waals surface area contributed by atoms with Crippen molar-refractivity contribution in [1.29, 1.82) is 0 Å². The number of carbonyl (C=O) groups excluding carboxylic acids is 1. The molecule has 0 radical (unpaired) electrons. The molecule has 2 rings (SSSR count). The highest BCUT2D eigenvalue weighted by molar-refractivity contribution is 6.36. The molecule has 1 aliphatic carbocycles. The van der Waals surface area contributed by atoms with Crippen molar-refractivity contribution in [3.63, 3.8) is 0 Å². The predicted molar refractivity (Wildman–Crippen MR) is 77.2 cm³/mol. The van der Waals surface area contributed by atoms with E-state index in [1.54, 1.807) is 0 Å². The summed E-state index contributed by atoms with van der Waals surface area (Å²) in [5, 5.41) is 11.6. The lowest BCUT2D eigenvalue weighted by Crippen LogP contribution is -2.33. The fourth-order valence-corrected chi connectivity index (χ4v) is 3.09. The van der Waals surface area contributed by atoms with E-state index in [2.05, 4.69) is 5.32 Å². The highest BCUT2D eigenvalue weighted by Gasteiger charge is 2.33. The maximum atomic E-state index is 13.4. The first-order valence-electron chi connectivity index (χ1n) is 6.55. The second-order valence-corrected chi connectivity index (χ2v) is 5.91. The number of halogens is 3. The third kappa shape index (κ3) is 3.66. The van der Waals surface area contributed by atoms with Gasteiger partial charge in [-0.05, 0) is 30.9 Å². The van der Waals surface area contributed by atoms with Crippen molar-refractivity contribution in [2.45, 2.75) is 19.3 Å². The first kappa shape index (κ1) is 16.0. The number of aliphatic carboxylic acids is 1. The van der Waals surface area contributed by atoms with Gasteiger partial charge >= 0.3 is 5.97 Å². The molecule has 0 heterocycles. The number of carboxylic acids is 1. The Balaban J connectivity index is 2.02. The van der Waals surface area contributed by atoms with E-state index in [0.29, 0.717) is 6.42 Å². The highest BCUT2D eigenvalue weighted by Crippen LogP contribution is 2.31. The van der Waals surface area contributed by atoms with Crippen molar-refractivity contribution in [2.75, 3.05) is 6.54 Å². The summed E-state index contributed by atoms with van der Waals surface area (Å²) in [7, 11) is 0. The van der Waals surface area contributed by atoms with Crippen molar-refractivity contribution in [3.05, 3.63) is 33.6 Å². The molecule has 2 unspecified atom stereocenters. The van der Waals surface area contributed by atoms with Gasteiger partial charge in [-0.1, -0.05) is 29.6 Å². The SMILES string of the molecule is O=C(NCC1CCCC1C(=O)O)c1cc(F)c(Cl)cc1Cl. The summed E-state index contributed by atoms with van der Waals surface area (Å²) < 4.78 is 13.4. The number of rotatable bonds is 4. The molecule has 21 heavy (non-hydrogen) atoms. The van der Waals surface area contributed by atoms with Crippen LogP contribution in [0.3, 0.4) is 0 Å². The van der Waals surface area contributed by atoms with Crippen LogP contribution >= 0.6 is 23.2 Å². The van der Waals surface area contributed by atoms with Gasteiger partial charge in [0.25, 0.3) is 5.91 Å². The lowest BCUT2D eigenvalue weighted by molar-refractivity contribution is -0.142. The fraction of sp³-hybridized carbons (Fsp3) is 0.429. The first-order chi connectivity index (χ1) is 9.90. The van der Waals surface area contributed by atoms with Crippen LogP contribution in [0.1, 0.15) is 29.6 Å². The Labute approximate surface area is 131 Å². The minimum Gasteiger partial charge on any atom is -0.481 e. The molecule has 1 fully saturated rings. The molecule has 1 aromatic rings. The highest BCUT2D eigenvalue weighted by atomic mass is 35.5. The summed E-state index contributed by atoms with van der Waals surface area (Å²) in [6, 6.07) is 2.15. The Morgan fingerprint density at radius 3 is 2.67 bits per heavy atom. The number of carbonyl (C=O) groups is 2. The molecule has 0 aliphatic heterocycles. The van der Waals surface area contributed by atoms with Gasteiger partial charge in [0, 0.05) is 6.54 Å². The Morgan fingerprint density at radius 2 is 2.00 bits per heavy atom. The van der Waals surface area contributed by atoms with Gasteiger partial charge in [0.15, 0.2) is 0 Å². The molecule has 4 nitrogen and oxygen atoms in total. The van der Waals surface area contributed by atoms with Crippen molar-refractivity contribution in [3.8, 4) is 0 Å². The second kappa shape index (κ2) is 6.62. The van der Waals surface area contributed by atoms with Gasteiger partial charge in [-0.15, -0.1) is 0 Å². The molecule has 0 bridgehead atoms. The van der Waals surface area contributed by atoms with Crippen LogP contribution in [0, 0.1) is 17.7 Å². The molecular formula is C14H14Cl2FNO3. The van der Waals surface area contributed by atoms with Crippen LogP contribution in [0.5, 0.6) is 0 Å². The quantitative estimate of drug-likeness (QED) is 0.830. The summed E-state index contributed by atoms with van der Waals surface area (Å²) in [5.74, 6) is -2.66. The van der Waals surface area contributed by atoms with Crippen molar-refractivity contribution < 1.29 is 19.1 Å². The molecule has 7 heteroatoms. The zero-order valence-corrected chi connectivity index (χ0v) is 12.5. The van der Waals surface area contributed by atoms with Crippen LogP contribution in [-0.4, -0.2) is 23.5 Å². The van der Waals surface area contributed by atoms with E-state index in [9.17, 15) is 14.0 Å². The minimum atomic E-state index is -0.845. The van der Waals surface area contributed by atoms with Crippen molar-refractivity contribution in [1.82, 2.24) is 5.32 Å². The number of hydrogen-bond donors (Lipinski definition) is 2. The maximum absolute atomic E-state index is 13.4. The van der Waals surface area contributed by atoms with E-state index in [1.165, 1.54) is 6.07 Å². The number of amides is 1. The first-order valence-corrected chi connectivity index (χ1v) is 7.31. The zero-order chi connectivity index (χ0) is 15.6. The van der Waals surface area contributed by atoms with Crippen molar-refractivity contribution in [2.24, 2.45) is 11.8 Å². The van der Waals surface area contributed by atoms with Gasteiger partial charge in [-0.2, -0.15) is 0 Å². The van der Waals surface area contributed by atoms with Crippen LogP contribution in [0.15, 0.2) is 12.1 Å². The summed E-state index contributed by atoms with van der Waals surface area (Å²) in [5.41, 5.74) is -0.0107. The van der Waals surface area contributed by atoms with Gasteiger partial charge in [-0.3, -0.25) is 9.59 Å². The van der Waals surface area contributed by atoms with Crippen LogP contribution in [0.4, 0.5) is 4.39 Å².